The Morgan fingerprint density at radius 1 is 1.16 bits per heavy atom. The summed E-state index contributed by atoms with van der Waals surface area (Å²) in [5.41, 5.74) is 3.15. The Bertz CT molecular complexity index is 778. The van der Waals surface area contributed by atoms with E-state index in [-0.39, 0.29) is 0 Å². The third kappa shape index (κ3) is 2.22. The van der Waals surface area contributed by atoms with Crippen LogP contribution in [0.2, 0.25) is 0 Å². The van der Waals surface area contributed by atoms with Crippen molar-refractivity contribution in [2.45, 2.75) is 0 Å². The highest BCUT2D eigenvalue weighted by atomic mass is 32.1. The summed E-state index contributed by atoms with van der Waals surface area (Å²) in [6, 6.07) is 11.9. The molecule has 2 aromatic heterocycles. The maximum Gasteiger partial charge on any atom is 0.118 e. The molecule has 0 atom stereocenters. The first-order valence-electron chi connectivity index (χ1n) is 5.89. The molecule has 1 aromatic carbocycles. The highest BCUT2D eigenvalue weighted by molar-refractivity contribution is 7.71. The van der Waals surface area contributed by atoms with E-state index < -0.39 is 0 Å². The molecule has 0 aliphatic heterocycles. The van der Waals surface area contributed by atoms with Crippen LogP contribution in [0.4, 0.5) is 0 Å². The van der Waals surface area contributed by atoms with Gasteiger partial charge in [0, 0.05) is 11.6 Å². The molecule has 3 aromatic rings. The van der Waals surface area contributed by atoms with E-state index in [1.165, 1.54) is 0 Å². The molecule has 0 unspecified atom stereocenters. The first-order valence-corrected chi connectivity index (χ1v) is 6.30. The molecule has 0 spiro atoms. The number of methoxy groups -OCH3 is 1. The van der Waals surface area contributed by atoms with Crippen molar-refractivity contribution in [3.05, 3.63) is 53.4 Å². The van der Waals surface area contributed by atoms with Crippen LogP contribution in [0.3, 0.4) is 0 Å². The van der Waals surface area contributed by atoms with Crippen LogP contribution >= 0.6 is 12.2 Å². The predicted octanol–water partition coefficient (Wildman–Crippen LogP) is 3.97. The number of pyridine rings is 2. The molecule has 0 amide bonds. The monoisotopic (exact) mass is 268 g/mol. The number of rotatable bonds is 2. The van der Waals surface area contributed by atoms with Crippen molar-refractivity contribution in [3.63, 3.8) is 0 Å². The van der Waals surface area contributed by atoms with Crippen molar-refractivity contribution in [1.29, 1.82) is 0 Å². The molecule has 3 nitrogen and oxygen atoms in total. The number of H-pyrrole nitrogens is 1. The van der Waals surface area contributed by atoms with Crippen molar-refractivity contribution < 1.29 is 4.74 Å². The Kier molecular flexibility index (Phi) is 3.01. The summed E-state index contributed by atoms with van der Waals surface area (Å²) in [4.78, 5) is 7.27. The van der Waals surface area contributed by atoms with Crippen molar-refractivity contribution in [2.75, 3.05) is 7.11 Å². The van der Waals surface area contributed by atoms with E-state index in [1.807, 2.05) is 36.4 Å². The molecular formula is C15H12N2OS. The van der Waals surface area contributed by atoms with Gasteiger partial charge in [0.15, 0.2) is 0 Å². The second kappa shape index (κ2) is 4.82. The van der Waals surface area contributed by atoms with E-state index in [2.05, 4.69) is 9.97 Å². The fourth-order valence-electron chi connectivity index (χ4n) is 2.12. The van der Waals surface area contributed by atoms with E-state index >= 15 is 0 Å². The zero-order valence-electron chi connectivity index (χ0n) is 10.4. The minimum absolute atomic E-state index is 0.700. The highest BCUT2D eigenvalue weighted by Gasteiger charge is 2.05. The number of aromatic nitrogens is 2. The van der Waals surface area contributed by atoms with Crippen molar-refractivity contribution in [1.82, 2.24) is 9.97 Å². The van der Waals surface area contributed by atoms with Crippen molar-refractivity contribution in [2.24, 2.45) is 0 Å². The lowest BCUT2D eigenvalue weighted by molar-refractivity contribution is 0.415. The first kappa shape index (κ1) is 11.9. The highest BCUT2D eigenvalue weighted by Crippen LogP contribution is 2.28. The van der Waals surface area contributed by atoms with Gasteiger partial charge in [-0.1, -0.05) is 24.4 Å². The van der Waals surface area contributed by atoms with Gasteiger partial charge in [-0.2, -0.15) is 0 Å². The summed E-state index contributed by atoms with van der Waals surface area (Å²) in [6.07, 6.45) is 3.57. The number of hydrogen-bond donors (Lipinski definition) is 1. The minimum Gasteiger partial charge on any atom is -0.497 e. The molecule has 3 rings (SSSR count). The van der Waals surface area contributed by atoms with Gasteiger partial charge in [0.05, 0.1) is 18.8 Å². The summed E-state index contributed by atoms with van der Waals surface area (Å²) in [6.45, 7) is 0. The number of nitrogens with one attached hydrogen (secondary N) is 1. The Morgan fingerprint density at radius 3 is 2.68 bits per heavy atom. The van der Waals surface area contributed by atoms with E-state index in [0.29, 0.717) is 4.64 Å². The molecule has 0 aliphatic carbocycles. The maximum atomic E-state index is 5.27. The SMILES string of the molecule is COc1ccc(-c2cc(=S)[nH]c3cnccc23)cc1. The van der Waals surface area contributed by atoms with Crippen LogP contribution in [-0.2, 0) is 0 Å². The van der Waals surface area contributed by atoms with Gasteiger partial charge in [-0.3, -0.25) is 4.98 Å². The normalized spacial score (nSPS) is 10.6. The predicted molar refractivity (Wildman–Crippen MR) is 78.9 cm³/mol. The number of hydrogen-bond acceptors (Lipinski definition) is 3. The quantitative estimate of drug-likeness (QED) is 0.715. The Balaban J connectivity index is 2.25. The van der Waals surface area contributed by atoms with Crippen LogP contribution in [0.1, 0.15) is 0 Å². The second-order valence-electron chi connectivity index (χ2n) is 4.20. The van der Waals surface area contributed by atoms with Gasteiger partial charge in [0.1, 0.15) is 10.4 Å². The topological polar surface area (TPSA) is 37.9 Å². The number of aromatic amines is 1. The molecule has 4 heteroatoms. The van der Waals surface area contributed by atoms with E-state index in [9.17, 15) is 0 Å². The molecule has 0 aliphatic rings. The molecule has 19 heavy (non-hydrogen) atoms. The van der Waals surface area contributed by atoms with Gasteiger partial charge in [0.2, 0.25) is 0 Å². The van der Waals surface area contributed by atoms with Gasteiger partial charge in [-0.15, -0.1) is 0 Å². The Hall–Kier alpha value is -2.20. The average molecular weight is 268 g/mol. The summed E-state index contributed by atoms with van der Waals surface area (Å²) >= 11 is 5.27. The van der Waals surface area contributed by atoms with E-state index in [4.69, 9.17) is 17.0 Å². The molecule has 0 radical (unpaired) electrons. The Morgan fingerprint density at radius 2 is 1.95 bits per heavy atom. The van der Waals surface area contributed by atoms with Crippen LogP contribution < -0.4 is 4.74 Å². The van der Waals surface area contributed by atoms with Crippen LogP contribution in [-0.4, -0.2) is 17.1 Å². The lowest BCUT2D eigenvalue weighted by Gasteiger charge is -2.07. The number of fused-ring (bicyclic) bond motifs is 1. The van der Waals surface area contributed by atoms with E-state index in [0.717, 1.165) is 27.8 Å². The molecule has 0 bridgehead atoms. The lowest BCUT2D eigenvalue weighted by atomic mass is 10.0. The zero-order valence-corrected chi connectivity index (χ0v) is 11.2. The largest absolute Gasteiger partial charge is 0.497 e. The second-order valence-corrected chi connectivity index (χ2v) is 4.64. The summed E-state index contributed by atoms with van der Waals surface area (Å²) < 4.78 is 5.88. The summed E-state index contributed by atoms with van der Waals surface area (Å²) in [7, 11) is 1.66. The van der Waals surface area contributed by atoms with Gasteiger partial charge < -0.3 is 9.72 Å². The molecule has 0 fully saturated rings. The molecule has 94 valence electrons. The summed E-state index contributed by atoms with van der Waals surface area (Å²) in [5.74, 6) is 0.843. The van der Waals surface area contributed by atoms with Gasteiger partial charge in [-0.05, 0) is 35.4 Å². The smallest absolute Gasteiger partial charge is 0.118 e. The van der Waals surface area contributed by atoms with Gasteiger partial charge in [0.25, 0.3) is 0 Å². The number of nitrogens with zero attached hydrogens (tertiary/aromatic N) is 1. The molecule has 0 saturated heterocycles. The van der Waals surface area contributed by atoms with Gasteiger partial charge in [-0.25, -0.2) is 0 Å². The van der Waals surface area contributed by atoms with Crippen molar-refractivity contribution >= 4 is 23.1 Å². The number of benzene rings is 1. The lowest BCUT2D eigenvalue weighted by Crippen LogP contribution is -1.87. The van der Waals surface area contributed by atoms with Crippen LogP contribution in [0.25, 0.3) is 22.0 Å². The zero-order chi connectivity index (χ0) is 13.2. The first-order chi connectivity index (χ1) is 9.28. The summed E-state index contributed by atoms with van der Waals surface area (Å²) in [5, 5.41) is 1.11. The van der Waals surface area contributed by atoms with Crippen molar-refractivity contribution in [3.8, 4) is 16.9 Å². The fraction of sp³-hybridized carbons (Fsp3) is 0.0667. The number of ether oxygens (including phenoxy) is 1. The molecule has 2 heterocycles. The third-order valence-electron chi connectivity index (χ3n) is 3.05. The minimum atomic E-state index is 0.700. The van der Waals surface area contributed by atoms with Gasteiger partial charge >= 0.3 is 0 Å². The molecular weight excluding hydrogens is 256 g/mol. The van der Waals surface area contributed by atoms with Crippen LogP contribution in [0.15, 0.2) is 48.8 Å². The van der Waals surface area contributed by atoms with Crippen LogP contribution in [0, 0.1) is 4.64 Å². The fourth-order valence-corrected chi connectivity index (χ4v) is 2.34. The third-order valence-corrected chi connectivity index (χ3v) is 3.27. The van der Waals surface area contributed by atoms with E-state index in [1.54, 1.807) is 19.5 Å². The molecule has 1 N–H and O–H groups in total. The van der Waals surface area contributed by atoms with Crippen LogP contribution in [0.5, 0.6) is 5.75 Å². The molecule has 0 saturated carbocycles. The standard InChI is InChI=1S/C15H12N2OS/c1-18-11-4-2-10(3-5-11)13-8-15(19)17-14-9-16-7-6-12(13)14/h2-9H,1H3,(H,17,19). The average Bonchev–Trinajstić information content (AvgIpc) is 2.46. The Labute approximate surface area is 115 Å². The maximum absolute atomic E-state index is 5.27.